The van der Waals surface area contributed by atoms with Crippen molar-refractivity contribution in [3.63, 3.8) is 0 Å². The Balaban J connectivity index is 1.96. The smallest absolute Gasteiger partial charge is 0.282 e. The number of nitriles is 1. The minimum atomic E-state index is -0.258. The predicted molar refractivity (Wildman–Crippen MR) is 91.0 cm³/mol. The van der Waals surface area contributed by atoms with Gasteiger partial charge in [0.15, 0.2) is 6.04 Å². The molecule has 0 aromatic heterocycles. The molecule has 0 radical (unpaired) electrons. The van der Waals surface area contributed by atoms with E-state index in [2.05, 4.69) is 11.4 Å². The van der Waals surface area contributed by atoms with Crippen molar-refractivity contribution < 1.29 is 10.1 Å². The van der Waals surface area contributed by atoms with E-state index in [4.69, 9.17) is 16.9 Å². The highest BCUT2D eigenvalue weighted by Crippen LogP contribution is 2.14. The second-order valence-corrected chi connectivity index (χ2v) is 5.94. The highest BCUT2D eigenvalue weighted by Gasteiger charge is 2.20. The first kappa shape index (κ1) is 17.0. The Morgan fingerprint density at radius 2 is 1.91 bits per heavy atom. The summed E-state index contributed by atoms with van der Waals surface area (Å²) in [7, 11) is 0. The van der Waals surface area contributed by atoms with Crippen molar-refractivity contribution in [1.82, 2.24) is 0 Å². The predicted octanol–water partition coefficient (Wildman–Crippen LogP) is 2.86. The van der Waals surface area contributed by atoms with Crippen LogP contribution in [0.1, 0.15) is 31.0 Å². The highest BCUT2D eigenvalue weighted by atomic mass is 35.5. The molecule has 1 amide bonds. The van der Waals surface area contributed by atoms with Crippen molar-refractivity contribution in [1.29, 1.82) is 5.26 Å². The zero-order chi connectivity index (χ0) is 16.8. The number of hydrogen-bond acceptors (Lipinski definition) is 2. The van der Waals surface area contributed by atoms with Crippen molar-refractivity contribution >= 4 is 23.2 Å². The lowest BCUT2D eigenvalue weighted by atomic mass is 10.1. The van der Waals surface area contributed by atoms with E-state index in [9.17, 15) is 4.79 Å². The van der Waals surface area contributed by atoms with Crippen LogP contribution in [0.4, 0.5) is 5.69 Å². The lowest BCUT2D eigenvalue weighted by Gasteiger charge is -2.17. The van der Waals surface area contributed by atoms with Crippen molar-refractivity contribution in [2.45, 2.75) is 25.9 Å². The van der Waals surface area contributed by atoms with Crippen LogP contribution in [0.5, 0.6) is 0 Å². The molecule has 0 spiro atoms. The fraction of sp³-hybridized carbons (Fsp3) is 0.222. The van der Waals surface area contributed by atoms with Gasteiger partial charge >= 0.3 is 0 Å². The Hall–Kier alpha value is -2.35. The molecule has 2 aromatic carbocycles. The molecule has 2 atom stereocenters. The van der Waals surface area contributed by atoms with Crippen LogP contribution >= 0.6 is 11.6 Å². The SMILES string of the molecule is C[C@H]([NH2+][C@H](C)C(=O)Nc1cccc(C#N)c1)c1ccc(Cl)cc1. The summed E-state index contributed by atoms with van der Waals surface area (Å²) in [5, 5.41) is 14.4. The van der Waals surface area contributed by atoms with Gasteiger partial charge < -0.3 is 10.6 Å². The molecule has 2 aromatic rings. The number of halogens is 1. The van der Waals surface area contributed by atoms with E-state index in [0.717, 1.165) is 5.56 Å². The monoisotopic (exact) mass is 328 g/mol. The number of amides is 1. The van der Waals surface area contributed by atoms with E-state index in [1.54, 1.807) is 24.3 Å². The van der Waals surface area contributed by atoms with Crippen LogP contribution in [0.15, 0.2) is 48.5 Å². The van der Waals surface area contributed by atoms with Crippen molar-refractivity contribution in [3.8, 4) is 6.07 Å². The van der Waals surface area contributed by atoms with E-state index in [1.807, 2.05) is 43.4 Å². The van der Waals surface area contributed by atoms with Crippen molar-refractivity contribution in [3.05, 3.63) is 64.7 Å². The summed E-state index contributed by atoms with van der Waals surface area (Å²) in [4.78, 5) is 12.3. The van der Waals surface area contributed by atoms with Gasteiger partial charge in [0.05, 0.1) is 11.6 Å². The fourth-order valence-corrected chi connectivity index (χ4v) is 2.45. The first-order valence-corrected chi connectivity index (χ1v) is 7.79. The molecule has 0 fully saturated rings. The maximum atomic E-state index is 12.3. The van der Waals surface area contributed by atoms with Gasteiger partial charge in [0, 0.05) is 16.3 Å². The number of carbonyl (C=O) groups excluding carboxylic acids is 1. The third-order valence-corrected chi connectivity index (χ3v) is 3.90. The van der Waals surface area contributed by atoms with Gasteiger partial charge in [-0.15, -0.1) is 0 Å². The average molecular weight is 329 g/mol. The molecule has 118 valence electrons. The van der Waals surface area contributed by atoms with Crippen molar-refractivity contribution in [2.24, 2.45) is 0 Å². The van der Waals surface area contributed by atoms with E-state index >= 15 is 0 Å². The van der Waals surface area contributed by atoms with Gasteiger partial charge in [-0.1, -0.05) is 29.8 Å². The zero-order valence-corrected chi connectivity index (χ0v) is 13.8. The number of nitrogens with zero attached hydrogens (tertiary/aromatic N) is 1. The number of nitrogens with one attached hydrogen (secondary N) is 1. The number of hydrogen-bond donors (Lipinski definition) is 2. The number of carbonyl (C=O) groups is 1. The molecule has 0 aliphatic carbocycles. The lowest BCUT2D eigenvalue weighted by molar-refractivity contribution is -0.709. The third kappa shape index (κ3) is 4.82. The van der Waals surface area contributed by atoms with Crippen LogP contribution in [-0.4, -0.2) is 11.9 Å². The summed E-state index contributed by atoms with van der Waals surface area (Å²) in [5.41, 5.74) is 2.27. The number of anilines is 1. The number of quaternary nitrogens is 1. The molecule has 5 heteroatoms. The Labute approximate surface area is 141 Å². The second kappa shape index (κ2) is 7.77. The highest BCUT2D eigenvalue weighted by molar-refractivity contribution is 6.30. The maximum absolute atomic E-state index is 12.3. The van der Waals surface area contributed by atoms with Gasteiger partial charge in [-0.05, 0) is 44.2 Å². The molecule has 23 heavy (non-hydrogen) atoms. The maximum Gasteiger partial charge on any atom is 0.282 e. The number of nitrogens with two attached hydrogens (primary N) is 1. The number of benzene rings is 2. The summed E-state index contributed by atoms with van der Waals surface area (Å²) in [6.45, 7) is 3.90. The molecule has 0 saturated carbocycles. The topological polar surface area (TPSA) is 69.5 Å². The molecule has 0 aliphatic rings. The molecule has 0 aliphatic heterocycles. The van der Waals surface area contributed by atoms with Crippen LogP contribution in [0.25, 0.3) is 0 Å². The summed E-state index contributed by atoms with van der Waals surface area (Å²) < 4.78 is 0. The third-order valence-electron chi connectivity index (χ3n) is 3.65. The van der Waals surface area contributed by atoms with Gasteiger partial charge in [0.2, 0.25) is 0 Å². The first-order valence-electron chi connectivity index (χ1n) is 7.41. The second-order valence-electron chi connectivity index (χ2n) is 5.50. The normalized spacial score (nSPS) is 13.0. The van der Waals surface area contributed by atoms with E-state index < -0.39 is 0 Å². The molecule has 0 saturated heterocycles. The van der Waals surface area contributed by atoms with Crippen LogP contribution in [0.3, 0.4) is 0 Å². The largest absolute Gasteiger partial charge is 0.330 e. The van der Waals surface area contributed by atoms with Gasteiger partial charge in [0.25, 0.3) is 5.91 Å². The number of rotatable bonds is 5. The Morgan fingerprint density at radius 3 is 2.57 bits per heavy atom. The molecule has 4 nitrogen and oxygen atoms in total. The molecular formula is C18H19ClN3O+. The fourth-order valence-electron chi connectivity index (χ4n) is 2.32. The Morgan fingerprint density at radius 1 is 1.22 bits per heavy atom. The summed E-state index contributed by atoms with van der Waals surface area (Å²) in [6.07, 6.45) is 0. The van der Waals surface area contributed by atoms with Gasteiger partial charge in [0.1, 0.15) is 6.04 Å². The minimum Gasteiger partial charge on any atom is -0.330 e. The Bertz CT molecular complexity index is 722. The first-order chi connectivity index (χ1) is 11.0. The summed E-state index contributed by atoms with van der Waals surface area (Å²) >= 11 is 5.89. The Kier molecular flexibility index (Phi) is 5.75. The van der Waals surface area contributed by atoms with Crippen LogP contribution in [-0.2, 0) is 4.79 Å². The van der Waals surface area contributed by atoms with E-state index in [1.165, 1.54) is 0 Å². The zero-order valence-electron chi connectivity index (χ0n) is 13.1. The minimum absolute atomic E-state index is 0.0964. The average Bonchev–Trinajstić information content (AvgIpc) is 2.55. The van der Waals surface area contributed by atoms with Crippen LogP contribution < -0.4 is 10.6 Å². The summed E-state index contributed by atoms with van der Waals surface area (Å²) in [5.74, 6) is -0.0964. The van der Waals surface area contributed by atoms with Gasteiger partial charge in [-0.3, -0.25) is 4.79 Å². The molecule has 2 rings (SSSR count). The van der Waals surface area contributed by atoms with E-state index in [0.29, 0.717) is 16.3 Å². The van der Waals surface area contributed by atoms with Gasteiger partial charge in [-0.2, -0.15) is 5.26 Å². The van der Waals surface area contributed by atoms with E-state index in [-0.39, 0.29) is 18.0 Å². The van der Waals surface area contributed by atoms with Crippen LogP contribution in [0.2, 0.25) is 5.02 Å². The quantitative estimate of drug-likeness (QED) is 0.886. The molecule has 0 heterocycles. The van der Waals surface area contributed by atoms with Gasteiger partial charge in [-0.25, -0.2) is 0 Å². The molecule has 3 N–H and O–H groups in total. The van der Waals surface area contributed by atoms with Crippen LogP contribution in [0, 0.1) is 11.3 Å². The lowest BCUT2D eigenvalue weighted by Crippen LogP contribution is -2.91. The molecule has 0 unspecified atom stereocenters. The summed E-state index contributed by atoms with van der Waals surface area (Å²) in [6, 6.07) is 16.4. The van der Waals surface area contributed by atoms with Crippen molar-refractivity contribution in [2.75, 3.05) is 5.32 Å². The molecular weight excluding hydrogens is 310 g/mol. The standard InChI is InChI=1S/C18H18ClN3O/c1-12(15-6-8-16(19)9-7-15)21-13(2)18(23)22-17-5-3-4-14(10-17)11-20/h3-10,12-13,21H,1-2H3,(H,22,23)/p+1/t12-,13+/m0/s1. The molecule has 0 bridgehead atoms.